The Kier molecular flexibility index (Phi) is 4.95. The van der Waals surface area contributed by atoms with Crippen molar-refractivity contribution in [3.8, 4) is 0 Å². The van der Waals surface area contributed by atoms with Crippen molar-refractivity contribution in [3.63, 3.8) is 0 Å². The second kappa shape index (κ2) is 6.00. The van der Waals surface area contributed by atoms with Gasteiger partial charge in [-0.3, -0.25) is 9.59 Å². The molecule has 0 spiro atoms. The molecular formula is C10H12BrNO3S. The number of aryl methyl sites for hydroxylation is 1. The summed E-state index contributed by atoms with van der Waals surface area (Å²) in [6, 6.07) is 1.13. The lowest BCUT2D eigenvalue weighted by Gasteiger charge is -2.08. The fraction of sp³-hybridized carbons (Fsp3) is 0.400. The molecule has 1 atom stereocenters. The Hall–Kier alpha value is -0.880. The van der Waals surface area contributed by atoms with E-state index in [9.17, 15) is 9.59 Å². The van der Waals surface area contributed by atoms with E-state index in [1.165, 1.54) is 6.92 Å². The van der Waals surface area contributed by atoms with Crippen LogP contribution >= 0.6 is 27.3 Å². The van der Waals surface area contributed by atoms with Crippen molar-refractivity contribution in [2.75, 3.05) is 0 Å². The van der Waals surface area contributed by atoms with Gasteiger partial charge in [0, 0.05) is 21.2 Å². The van der Waals surface area contributed by atoms with Crippen molar-refractivity contribution in [2.24, 2.45) is 0 Å². The Morgan fingerprint density at radius 1 is 1.62 bits per heavy atom. The summed E-state index contributed by atoms with van der Waals surface area (Å²) in [6.07, 6.45) is 0.943. The second-order valence-electron chi connectivity index (χ2n) is 3.36. The van der Waals surface area contributed by atoms with Crippen LogP contribution in [0.5, 0.6) is 0 Å². The number of carboxylic acids is 1. The molecule has 4 nitrogen and oxygen atoms in total. The highest BCUT2D eigenvalue weighted by Gasteiger charge is 2.13. The molecule has 0 fully saturated rings. The lowest BCUT2D eigenvalue weighted by Crippen LogP contribution is -2.38. The van der Waals surface area contributed by atoms with Crippen LogP contribution in [0.2, 0.25) is 0 Å². The van der Waals surface area contributed by atoms with Crippen LogP contribution in [0.4, 0.5) is 0 Å². The Labute approximate surface area is 106 Å². The minimum absolute atomic E-state index is 0.237. The van der Waals surface area contributed by atoms with Gasteiger partial charge < -0.3 is 10.4 Å². The Morgan fingerprint density at radius 2 is 2.31 bits per heavy atom. The highest BCUT2D eigenvalue weighted by molar-refractivity contribution is 9.10. The topological polar surface area (TPSA) is 66.4 Å². The monoisotopic (exact) mass is 305 g/mol. The molecule has 0 radical (unpaired) electrons. The summed E-state index contributed by atoms with van der Waals surface area (Å²) in [4.78, 5) is 23.0. The summed E-state index contributed by atoms with van der Waals surface area (Å²) >= 11 is 4.90. The maximum absolute atomic E-state index is 11.4. The first-order valence-corrected chi connectivity index (χ1v) is 6.41. The van der Waals surface area contributed by atoms with Crippen LogP contribution in [0.1, 0.15) is 18.2 Å². The molecule has 0 unspecified atom stereocenters. The van der Waals surface area contributed by atoms with Gasteiger partial charge in [-0.15, -0.1) is 11.3 Å². The molecule has 6 heteroatoms. The molecule has 1 amide bonds. The zero-order valence-electron chi connectivity index (χ0n) is 8.70. The van der Waals surface area contributed by atoms with Gasteiger partial charge in [-0.1, -0.05) is 0 Å². The number of aliphatic carboxylic acids is 1. The largest absolute Gasteiger partial charge is 0.480 e. The summed E-state index contributed by atoms with van der Waals surface area (Å²) in [6.45, 7) is 1.45. The highest BCUT2D eigenvalue weighted by atomic mass is 79.9. The predicted molar refractivity (Wildman–Crippen MR) is 65.6 cm³/mol. The summed E-state index contributed by atoms with van der Waals surface area (Å²) in [5.74, 6) is -1.26. The van der Waals surface area contributed by atoms with E-state index in [-0.39, 0.29) is 5.91 Å². The van der Waals surface area contributed by atoms with Gasteiger partial charge >= 0.3 is 5.97 Å². The molecule has 2 N–H and O–H groups in total. The average Bonchev–Trinajstić information content (AvgIpc) is 2.61. The number of carbonyl (C=O) groups excluding carboxylic acids is 1. The first kappa shape index (κ1) is 13.2. The third-order valence-corrected chi connectivity index (χ3v) is 3.73. The van der Waals surface area contributed by atoms with E-state index in [1.807, 2.05) is 11.4 Å². The molecule has 0 saturated carbocycles. The quantitative estimate of drug-likeness (QED) is 0.875. The van der Waals surface area contributed by atoms with Gasteiger partial charge in [0.2, 0.25) is 5.91 Å². The van der Waals surface area contributed by atoms with Crippen molar-refractivity contribution in [3.05, 3.63) is 20.8 Å². The Morgan fingerprint density at radius 3 is 2.81 bits per heavy atom. The molecule has 1 rings (SSSR count). The molecule has 88 valence electrons. The van der Waals surface area contributed by atoms with Gasteiger partial charge in [0.1, 0.15) is 6.04 Å². The normalized spacial score (nSPS) is 12.1. The molecule has 16 heavy (non-hydrogen) atoms. The fourth-order valence-electron chi connectivity index (χ4n) is 1.10. The van der Waals surface area contributed by atoms with E-state index in [0.717, 1.165) is 9.35 Å². The number of hydrogen-bond donors (Lipinski definition) is 2. The van der Waals surface area contributed by atoms with E-state index < -0.39 is 12.0 Å². The predicted octanol–water partition coefficient (Wildman–Crippen LogP) is 2.03. The number of nitrogens with one attached hydrogen (secondary N) is 1. The summed E-state index contributed by atoms with van der Waals surface area (Å²) in [5.41, 5.74) is 0. The molecule has 0 aliphatic heterocycles. The molecular weight excluding hydrogens is 294 g/mol. The molecule has 1 aromatic rings. The maximum atomic E-state index is 11.4. The molecule has 1 heterocycles. The molecule has 0 aromatic carbocycles. The second-order valence-corrected chi connectivity index (χ2v) is 5.27. The van der Waals surface area contributed by atoms with E-state index in [2.05, 4.69) is 21.2 Å². The van der Waals surface area contributed by atoms with Crippen LogP contribution in [0, 0.1) is 0 Å². The van der Waals surface area contributed by atoms with Crippen molar-refractivity contribution < 1.29 is 14.7 Å². The van der Waals surface area contributed by atoms with Crippen molar-refractivity contribution in [1.29, 1.82) is 0 Å². The number of carboxylic acid groups (broad SMARTS) is 1. The van der Waals surface area contributed by atoms with Crippen LogP contribution in [0.3, 0.4) is 0 Å². The summed E-state index contributed by atoms with van der Waals surface area (Å²) < 4.78 is 1.01. The molecule has 0 aliphatic rings. The third kappa shape index (κ3) is 4.32. The third-order valence-electron chi connectivity index (χ3n) is 1.97. The van der Waals surface area contributed by atoms with Crippen molar-refractivity contribution >= 4 is 39.1 Å². The summed E-state index contributed by atoms with van der Waals surface area (Å²) in [7, 11) is 0. The van der Waals surface area contributed by atoms with Gasteiger partial charge in [0.25, 0.3) is 0 Å². The van der Waals surface area contributed by atoms with Gasteiger partial charge in [-0.25, -0.2) is 0 Å². The molecule has 1 aromatic heterocycles. The van der Waals surface area contributed by atoms with E-state index in [1.54, 1.807) is 11.3 Å². The zero-order valence-corrected chi connectivity index (χ0v) is 11.1. The molecule has 0 aliphatic carbocycles. The van der Waals surface area contributed by atoms with Gasteiger partial charge in [-0.05, 0) is 35.3 Å². The van der Waals surface area contributed by atoms with E-state index >= 15 is 0 Å². The minimum atomic E-state index is -1.02. The Balaban J connectivity index is 2.33. The van der Waals surface area contributed by atoms with Crippen LogP contribution in [0.15, 0.2) is 15.9 Å². The van der Waals surface area contributed by atoms with Gasteiger partial charge in [0.15, 0.2) is 0 Å². The van der Waals surface area contributed by atoms with Crippen LogP contribution < -0.4 is 5.32 Å². The summed E-state index contributed by atoms with van der Waals surface area (Å²) in [5, 5.41) is 13.0. The number of amides is 1. The molecule has 0 bridgehead atoms. The van der Waals surface area contributed by atoms with Crippen LogP contribution in [-0.2, 0) is 16.0 Å². The van der Waals surface area contributed by atoms with Crippen LogP contribution in [0.25, 0.3) is 0 Å². The molecule has 0 saturated heterocycles. The standard InChI is InChI=1S/C10H12BrNO3S/c1-6(10(14)15)12-9(13)3-2-8-4-7(11)5-16-8/h4-6H,2-3H2,1H3,(H,12,13)(H,14,15)/t6-/m1/s1. The number of thiophene rings is 1. The number of carbonyl (C=O) groups is 2. The maximum Gasteiger partial charge on any atom is 0.325 e. The van der Waals surface area contributed by atoms with Gasteiger partial charge in [-0.2, -0.15) is 0 Å². The van der Waals surface area contributed by atoms with Crippen molar-refractivity contribution in [1.82, 2.24) is 5.32 Å². The Bertz CT molecular complexity index is 391. The minimum Gasteiger partial charge on any atom is -0.480 e. The highest BCUT2D eigenvalue weighted by Crippen LogP contribution is 2.20. The zero-order chi connectivity index (χ0) is 12.1. The number of hydrogen-bond acceptors (Lipinski definition) is 3. The number of rotatable bonds is 5. The average molecular weight is 306 g/mol. The lowest BCUT2D eigenvalue weighted by atomic mass is 10.2. The lowest BCUT2D eigenvalue weighted by molar-refractivity contribution is -0.141. The number of halogens is 1. The first-order valence-electron chi connectivity index (χ1n) is 4.74. The van der Waals surface area contributed by atoms with Crippen LogP contribution in [-0.4, -0.2) is 23.0 Å². The fourth-order valence-corrected chi connectivity index (χ4v) is 2.55. The first-order chi connectivity index (χ1) is 7.49. The van der Waals surface area contributed by atoms with Gasteiger partial charge in [0.05, 0.1) is 0 Å². The SMILES string of the molecule is C[C@@H](NC(=O)CCc1cc(Br)cs1)C(=O)O. The smallest absolute Gasteiger partial charge is 0.325 e. The van der Waals surface area contributed by atoms with Crippen molar-refractivity contribution in [2.45, 2.75) is 25.8 Å². The van der Waals surface area contributed by atoms with E-state index in [4.69, 9.17) is 5.11 Å². The van der Waals surface area contributed by atoms with E-state index in [0.29, 0.717) is 12.8 Å².